The Morgan fingerprint density at radius 1 is 1.31 bits per heavy atom. The average molecular weight is 221 g/mol. The highest BCUT2D eigenvalue weighted by Gasteiger charge is 2.08. The Hall–Kier alpha value is -1.75. The Balaban J connectivity index is 2.33. The molecule has 0 N–H and O–H groups in total. The number of aromatic nitrogens is 3. The molecule has 0 radical (unpaired) electrons. The maximum absolute atomic E-state index is 12.7. The number of benzene rings is 1. The van der Waals surface area contributed by atoms with Crippen LogP contribution >= 0.6 is 0 Å². The molecule has 1 heterocycles. The first-order valence-electron chi connectivity index (χ1n) is 4.85. The van der Waals surface area contributed by atoms with Crippen molar-refractivity contribution in [3.8, 4) is 11.4 Å². The number of aryl methyl sites for hydroxylation is 1. The summed E-state index contributed by atoms with van der Waals surface area (Å²) < 4.78 is 19.4. The fourth-order valence-electron chi connectivity index (χ4n) is 1.39. The number of hydrogen-bond acceptors (Lipinski definition) is 3. The Morgan fingerprint density at radius 2 is 2.00 bits per heavy atom. The van der Waals surface area contributed by atoms with E-state index in [0.717, 1.165) is 11.4 Å². The van der Waals surface area contributed by atoms with E-state index in [4.69, 9.17) is 4.74 Å². The summed E-state index contributed by atoms with van der Waals surface area (Å²) in [6, 6.07) is 6.09. The molecule has 0 aliphatic rings. The van der Waals surface area contributed by atoms with Crippen LogP contribution in [0.25, 0.3) is 11.4 Å². The molecule has 0 aliphatic heterocycles. The summed E-state index contributed by atoms with van der Waals surface area (Å²) in [4.78, 5) is 4.30. The Labute approximate surface area is 92.7 Å². The topological polar surface area (TPSA) is 39.9 Å². The molecule has 5 heteroatoms. The molecule has 1 aromatic carbocycles. The van der Waals surface area contributed by atoms with Crippen LogP contribution in [0, 0.1) is 5.82 Å². The molecule has 2 rings (SSSR count). The average Bonchev–Trinajstić information content (AvgIpc) is 2.62. The fourth-order valence-corrected chi connectivity index (χ4v) is 1.39. The van der Waals surface area contributed by atoms with E-state index in [0.29, 0.717) is 12.4 Å². The van der Waals surface area contributed by atoms with Crippen LogP contribution in [0.2, 0.25) is 0 Å². The summed E-state index contributed by atoms with van der Waals surface area (Å²) in [5.41, 5.74) is 0.791. The van der Waals surface area contributed by atoms with Crippen molar-refractivity contribution in [2.24, 2.45) is 7.05 Å². The summed E-state index contributed by atoms with van der Waals surface area (Å²) in [6.45, 7) is 0.407. The summed E-state index contributed by atoms with van der Waals surface area (Å²) >= 11 is 0. The van der Waals surface area contributed by atoms with Crippen LogP contribution in [0.4, 0.5) is 4.39 Å². The molecule has 0 bridgehead atoms. The summed E-state index contributed by atoms with van der Waals surface area (Å²) in [5, 5.41) is 4.23. The molecule has 0 saturated heterocycles. The molecule has 0 saturated carbocycles. The highest BCUT2D eigenvalue weighted by Crippen LogP contribution is 2.15. The zero-order valence-corrected chi connectivity index (χ0v) is 9.14. The standard InChI is InChI=1S/C11H12FN3O/c1-15-10(7-16-2)13-11(14-15)8-3-5-9(12)6-4-8/h3-6H,7H2,1-2H3. The monoisotopic (exact) mass is 221 g/mol. The Kier molecular flexibility index (Phi) is 2.96. The summed E-state index contributed by atoms with van der Waals surface area (Å²) in [7, 11) is 3.40. The molecule has 2 aromatic rings. The van der Waals surface area contributed by atoms with E-state index in [1.807, 2.05) is 0 Å². The lowest BCUT2D eigenvalue weighted by Gasteiger charge is -1.94. The van der Waals surface area contributed by atoms with Gasteiger partial charge >= 0.3 is 0 Å². The molecule has 16 heavy (non-hydrogen) atoms. The van der Waals surface area contributed by atoms with Gasteiger partial charge < -0.3 is 4.74 Å². The normalized spacial score (nSPS) is 10.7. The molecule has 0 aliphatic carbocycles. The van der Waals surface area contributed by atoms with Crippen molar-refractivity contribution >= 4 is 0 Å². The minimum Gasteiger partial charge on any atom is -0.377 e. The largest absolute Gasteiger partial charge is 0.377 e. The van der Waals surface area contributed by atoms with Gasteiger partial charge in [0.25, 0.3) is 0 Å². The molecule has 0 unspecified atom stereocenters. The second-order valence-corrected chi connectivity index (χ2v) is 3.42. The predicted molar refractivity (Wildman–Crippen MR) is 57.1 cm³/mol. The fraction of sp³-hybridized carbons (Fsp3) is 0.273. The second kappa shape index (κ2) is 4.40. The van der Waals surface area contributed by atoms with Crippen LogP contribution in [-0.4, -0.2) is 21.9 Å². The van der Waals surface area contributed by atoms with Gasteiger partial charge in [0.2, 0.25) is 0 Å². The van der Waals surface area contributed by atoms with Crippen LogP contribution < -0.4 is 0 Å². The van der Waals surface area contributed by atoms with E-state index in [2.05, 4.69) is 10.1 Å². The quantitative estimate of drug-likeness (QED) is 0.793. The van der Waals surface area contributed by atoms with Gasteiger partial charge in [0.15, 0.2) is 11.6 Å². The van der Waals surface area contributed by atoms with Crippen molar-refractivity contribution in [3.63, 3.8) is 0 Å². The molecule has 0 fully saturated rings. The van der Waals surface area contributed by atoms with Gasteiger partial charge in [-0.25, -0.2) is 9.37 Å². The zero-order chi connectivity index (χ0) is 11.5. The van der Waals surface area contributed by atoms with Gasteiger partial charge in [0.1, 0.15) is 12.4 Å². The lowest BCUT2D eigenvalue weighted by molar-refractivity contribution is 0.174. The van der Waals surface area contributed by atoms with E-state index in [1.54, 1.807) is 31.0 Å². The molecule has 0 spiro atoms. The minimum atomic E-state index is -0.267. The maximum atomic E-state index is 12.7. The van der Waals surface area contributed by atoms with Crippen molar-refractivity contribution in [1.29, 1.82) is 0 Å². The van der Waals surface area contributed by atoms with Gasteiger partial charge in [-0.05, 0) is 24.3 Å². The smallest absolute Gasteiger partial charge is 0.181 e. The lowest BCUT2D eigenvalue weighted by Crippen LogP contribution is -2.00. The van der Waals surface area contributed by atoms with E-state index < -0.39 is 0 Å². The number of hydrogen-bond donors (Lipinski definition) is 0. The number of halogens is 1. The van der Waals surface area contributed by atoms with Crippen LogP contribution in [0.1, 0.15) is 5.82 Å². The maximum Gasteiger partial charge on any atom is 0.181 e. The van der Waals surface area contributed by atoms with Crippen LogP contribution in [0.3, 0.4) is 0 Å². The van der Waals surface area contributed by atoms with Gasteiger partial charge in [-0.3, -0.25) is 4.68 Å². The van der Waals surface area contributed by atoms with E-state index in [-0.39, 0.29) is 5.82 Å². The van der Waals surface area contributed by atoms with E-state index in [9.17, 15) is 4.39 Å². The zero-order valence-electron chi connectivity index (χ0n) is 9.14. The molecule has 4 nitrogen and oxygen atoms in total. The predicted octanol–water partition coefficient (Wildman–Crippen LogP) is 1.77. The number of rotatable bonds is 3. The third kappa shape index (κ3) is 2.09. The third-order valence-corrected chi connectivity index (χ3v) is 2.23. The van der Waals surface area contributed by atoms with Gasteiger partial charge in [-0.15, -0.1) is 0 Å². The van der Waals surface area contributed by atoms with Gasteiger partial charge in [0, 0.05) is 19.7 Å². The molecular weight excluding hydrogens is 209 g/mol. The second-order valence-electron chi connectivity index (χ2n) is 3.42. The molecular formula is C11H12FN3O. The molecule has 1 aromatic heterocycles. The number of nitrogens with zero attached hydrogens (tertiary/aromatic N) is 3. The van der Waals surface area contributed by atoms with Gasteiger partial charge in [-0.2, -0.15) is 5.10 Å². The highest BCUT2D eigenvalue weighted by atomic mass is 19.1. The van der Waals surface area contributed by atoms with Crippen LogP contribution in [0.15, 0.2) is 24.3 Å². The SMILES string of the molecule is COCc1nc(-c2ccc(F)cc2)nn1C. The molecule has 84 valence electrons. The highest BCUT2D eigenvalue weighted by molar-refractivity contribution is 5.54. The first-order chi connectivity index (χ1) is 7.70. The van der Waals surface area contributed by atoms with E-state index in [1.165, 1.54) is 12.1 Å². The third-order valence-electron chi connectivity index (χ3n) is 2.23. The van der Waals surface area contributed by atoms with Crippen molar-refractivity contribution in [2.45, 2.75) is 6.61 Å². The van der Waals surface area contributed by atoms with Crippen molar-refractivity contribution in [2.75, 3.05) is 7.11 Å². The van der Waals surface area contributed by atoms with Crippen molar-refractivity contribution in [1.82, 2.24) is 14.8 Å². The number of methoxy groups -OCH3 is 1. The minimum absolute atomic E-state index is 0.267. The van der Waals surface area contributed by atoms with Gasteiger partial charge in [0.05, 0.1) is 0 Å². The van der Waals surface area contributed by atoms with Crippen molar-refractivity contribution < 1.29 is 9.13 Å². The van der Waals surface area contributed by atoms with E-state index >= 15 is 0 Å². The van der Waals surface area contributed by atoms with Crippen LogP contribution in [0.5, 0.6) is 0 Å². The summed E-state index contributed by atoms with van der Waals surface area (Å²) in [6.07, 6.45) is 0. The molecule has 0 amide bonds. The Morgan fingerprint density at radius 3 is 2.62 bits per heavy atom. The molecule has 0 atom stereocenters. The van der Waals surface area contributed by atoms with Gasteiger partial charge in [-0.1, -0.05) is 0 Å². The number of ether oxygens (including phenoxy) is 1. The first kappa shape index (κ1) is 10.8. The van der Waals surface area contributed by atoms with Crippen molar-refractivity contribution in [3.05, 3.63) is 35.9 Å². The lowest BCUT2D eigenvalue weighted by atomic mass is 10.2. The summed E-state index contributed by atoms with van der Waals surface area (Å²) in [5.74, 6) is 1.05. The first-order valence-corrected chi connectivity index (χ1v) is 4.85. The van der Waals surface area contributed by atoms with Crippen LogP contribution in [-0.2, 0) is 18.4 Å². The Bertz CT molecular complexity index is 478.